The number of nitrogens with one attached hydrogen (secondary N) is 1. The van der Waals surface area contributed by atoms with Gasteiger partial charge >= 0.3 is 5.63 Å². The maximum atomic E-state index is 12.0. The smallest absolute Gasteiger partial charge is 0.339 e. The van der Waals surface area contributed by atoms with Gasteiger partial charge in [0.2, 0.25) is 5.91 Å². The summed E-state index contributed by atoms with van der Waals surface area (Å²) < 4.78 is 5.23. The van der Waals surface area contributed by atoms with E-state index in [4.69, 9.17) is 4.42 Å². The number of rotatable bonds is 4. The molecular weight excluding hydrogens is 270 g/mol. The molecule has 1 aromatic heterocycles. The van der Waals surface area contributed by atoms with Crippen molar-refractivity contribution in [3.05, 3.63) is 39.7 Å². The molecule has 1 fully saturated rings. The lowest BCUT2D eigenvalue weighted by atomic mass is 10.0. The zero-order valence-corrected chi connectivity index (χ0v) is 11.8. The molecule has 0 unspecified atom stereocenters. The summed E-state index contributed by atoms with van der Waals surface area (Å²) in [6.45, 7) is 1.84. The Kier molecular flexibility index (Phi) is 3.41. The number of benzene rings is 1. The van der Waals surface area contributed by atoms with E-state index in [1.54, 1.807) is 12.1 Å². The number of aromatic hydroxyl groups is 1. The predicted molar refractivity (Wildman–Crippen MR) is 78.4 cm³/mol. The molecule has 0 spiro atoms. The first kappa shape index (κ1) is 13.7. The molecule has 2 N–H and O–H groups in total. The van der Waals surface area contributed by atoms with Gasteiger partial charge < -0.3 is 14.8 Å². The lowest BCUT2D eigenvalue weighted by Crippen LogP contribution is -2.26. The van der Waals surface area contributed by atoms with E-state index in [-0.39, 0.29) is 18.1 Å². The molecule has 3 rings (SSSR count). The van der Waals surface area contributed by atoms with Gasteiger partial charge in [0.05, 0.1) is 0 Å². The van der Waals surface area contributed by atoms with Gasteiger partial charge in [-0.15, -0.1) is 0 Å². The van der Waals surface area contributed by atoms with Crippen LogP contribution in [0.15, 0.2) is 27.4 Å². The second kappa shape index (κ2) is 5.24. The molecule has 0 bridgehead atoms. The molecular formula is C16H17NO4. The minimum atomic E-state index is -0.440. The van der Waals surface area contributed by atoms with Gasteiger partial charge in [-0.25, -0.2) is 4.79 Å². The fraction of sp³-hybridized carbons (Fsp3) is 0.375. The Bertz CT molecular complexity index is 759. The Morgan fingerprint density at radius 2 is 2.19 bits per heavy atom. The van der Waals surface area contributed by atoms with Gasteiger partial charge in [0, 0.05) is 29.5 Å². The highest BCUT2D eigenvalue weighted by Crippen LogP contribution is 2.24. The van der Waals surface area contributed by atoms with Gasteiger partial charge in [0.15, 0.2) is 0 Å². The Labute approximate surface area is 121 Å². The van der Waals surface area contributed by atoms with Crippen LogP contribution in [0.5, 0.6) is 5.75 Å². The van der Waals surface area contributed by atoms with Gasteiger partial charge in [-0.2, -0.15) is 0 Å². The van der Waals surface area contributed by atoms with Crippen molar-refractivity contribution in [2.75, 3.05) is 0 Å². The Morgan fingerprint density at radius 3 is 2.90 bits per heavy atom. The minimum Gasteiger partial charge on any atom is -0.508 e. The third-order valence-corrected chi connectivity index (χ3v) is 3.82. The van der Waals surface area contributed by atoms with Crippen LogP contribution in [0.3, 0.4) is 0 Å². The quantitative estimate of drug-likeness (QED) is 0.843. The maximum Gasteiger partial charge on any atom is 0.339 e. The predicted octanol–water partition coefficient (Wildman–Crippen LogP) is 2.02. The third-order valence-electron chi connectivity index (χ3n) is 3.82. The van der Waals surface area contributed by atoms with E-state index < -0.39 is 5.63 Å². The van der Waals surface area contributed by atoms with Crippen molar-refractivity contribution < 1.29 is 14.3 Å². The maximum absolute atomic E-state index is 12.0. The van der Waals surface area contributed by atoms with Crippen LogP contribution in [0, 0.1) is 6.92 Å². The van der Waals surface area contributed by atoms with Crippen molar-refractivity contribution in [3.63, 3.8) is 0 Å². The first-order chi connectivity index (χ1) is 10.0. The first-order valence-corrected chi connectivity index (χ1v) is 7.09. The summed E-state index contributed by atoms with van der Waals surface area (Å²) in [7, 11) is 0. The number of aryl methyl sites for hydroxylation is 1. The summed E-state index contributed by atoms with van der Waals surface area (Å²) in [6.07, 6.45) is 2.74. The summed E-state index contributed by atoms with van der Waals surface area (Å²) in [5.41, 5.74) is 1.26. The van der Waals surface area contributed by atoms with E-state index in [1.807, 2.05) is 6.92 Å². The van der Waals surface area contributed by atoms with E-state index in [9.17, 15) is 14.7 Å². The molecule has 1 aliphatic rings. The number of phenolic OH excluding ortho intramolecular Hbond substituents is 1. The lowest BCUT2D eigenvalue weighted by Gasteiger charge is -2.08. The molecule has 5 heteroatoms. The van der Waals surface area contributed by atoms with Crippen LogP contribution in [0.2, 0.25) is 0 Å². The fourth-order valence-corrected chi connectivity index (χ4v) is 2.44. The van der Waals surface area contributed by atoms with Crippen LogP contribution in [0.25, 0.3) is 11.0 Å². The fourth-order valence-electron chi connectivity index (χ4n) is 2.44. The van der Waals surface area contributed by atoms with Crippen molar-refractivity contribution in [2.45, 2.75) is 38.6 Å². The summed E-state index contributed by atoms with van der Waals surface area (Å²) >= 11 is 0. The minimum absolute atomic E-state index is 0.0258. The van der Waals surface area contributed by atoms with E-state index in [1.165, 1.54) is 6.07 Å². The van der Waals surface area contributed by atoms with Crippen molar-refractivity contribution in [1.82, 2.24) is 5.32 Å². The highest BCUT2D eigenvalue weighted by Gasteiger charge is 2.23. The molecule has 1 aliphatic carbocycles. The molecule has 21 heavy (non-hydrogen) atoms. The molecule has 1 heterocycles. The molecule has 0 atom stereocenters. The number of amides is 1. The van der Waals surface area contributed by atoms with E-state index in [0.29, 0.717) is 23.6 Å². The zero-order chi connectivity index (χ0) is 15.0. The second-order valence-electron chi connectivity index (χ2n) is 5.52. The Balaban J connectivity index is 1.85. The number of carbonyl (C=O) groups excluding carboxylic acids is 1. The number of fused-ring (bicyclic) bond motifs is 1. The topological polar surface area (TPSA) is 79.5 Å². The SMILES string of the molecule is Cc1c(CCC(=O)NC2CC2)c(=O)oc2cc(O)ccc12. The molecule has 1 aromatic carbocycles. The summed E-state index contributed by atoms with van der Waals surface area (Å²) in [4.78, 5) is 23.8. The third kappa shape index (κ3) is 2.91. The summed E-state index contributed by atoms with van der Waals surface area (Å²) in [5.74, 6) is 0.0312. The van der Waals surface area contributed by atoms with Gasteiger partial charge in [0.1, 0.15) is 11.3 Å². The van der Waals surface area contributed by atoms with Gasteiger partial charge in [-0.3, -0.25) is 4.79 Å². The standard InChI is InChI=1S/C16H17NO4/c1-9-12-5-4-11(18)8-14(12)21-16(20)13(9)6-7-15(19)17-10-2-3-10/h4-5,8,10,18H,2-3,6-7H2,1H3,(H,17,19). The number of carbonyl (C=O) groups is 1. The largest absolute Gasteiger partial charge is 0.508 e. The summed E-state index contributed by atoms with van der Waals surface area (Å²) in [5, 5.41) is 13.1. The van der Waals surface area contributed by atoms with Crippen molar-refractivity contribution >= 4 is 16.9 Å². The molecule has 2 aromatic rings. The summed E-state index contributed by atoms with van der Waals surface area (Å²) in [6, 6.07) is 5.03. The van der Waals surface area contributed by atoms with E-state index in [2.05, 4.69) is 5.32 Å². The van der Waals surface area contributed by atoms with Crippen LogP contribution >= 0.6 is 0 Å². The molecule has 0 radical (unpaired) electrons. The van der Waals surface area contributed by atoms with Gasteiger partial charge in [0.25, 0.3) is 0 Å². The molecule has 110 valence electrons. The highest BCUT2D eigenvalue weighted by atomic mass is 16.4. The monoisotopic (exact) mass is 287 g/mol. The number of hydrogen-bond donors (Lipinski definition) is 2. The Morgan fingerprint density at radius 1 is 1.43 bits per heavy atom. The molecule has 1 saturated carbocycles. The van der Waals surface area contributed by atoms with E-state index >= 15 is 0 Å². The van der Waals surface area contributed by atoms with Crippen LogP contribution in [-0.4, -0.2) is 17.1 Å². The Hall–Kier alpha value is -2.30. The molecule has 0 aliphatic heterocycles. The number of hydrogen-bond acceptors (Lipinski definition) is 4. The average Bonchev–Trinajstić information content (AvgIpc) is 3.21. The van der Waals surface area contributed by atoms with Crippen molar-refractivity contribution in [1.29, 1.82) is 0 Å². The van der Waals surface area contributed by atoms with Crippen LogP contribution in [-0.2, 0) is 11.2 Å². The normalized spacial score (nSPS) is 14.3. The highest BCUT2D eigenvalue weighted by molar-refractivity contribution is 5.82. The van der Waals surface area contributed by atoms with Gasteiger partial charge in [-0.05, 0) is 43.9 Å². The zero-order valence-electron chi connectivity index (χ0n) is 11.8. The second-order valence-corrected chi connectivity index (χ2v) is 5.52. The van der Waals surface area contributed by atoms with Gasteiger partial charge in [-0.1, -0.05) is 0 Å². The average molecular weight is 287 g/mol. The van der Waals surface area contributed by atoms with Crippen LogP contribution in [0.4, 0.5) is 0 Å². The molecule has 0 saturated heterocycles. The number of phenols is 1. The van der Waals surface area contributed by atoms with Crippen molar-refractivity contribution in [2.24, 2.45) is 0 Å². The van der Waals surface area contributed by atoms with Crippen molar-refractivity contribution in [3.8, 4) is 5.75 Å². The lowest BCUT2D eigenvalue weighted by molar-refractivity contribution is -0.121. The van der Waals surface area contributed by atoms with E-state index in [0.717, 1.165) is 23.8 Å². The van der Waals surface area contributed by atoms with Crippen LogP contribution < -0.4 is 10.9 Å². The first-order valence-electron chi connectivity index (χ1n) is 7.09. The molecule has 1 amide bonds. The molecule has 5 nitrogen and oxygen atoms in total. The van der Waals surface area contributed by atoms with Crippen LogP contribution in [0.1, 0.15) is 30.4 Å².